The summed E-state index contributed by atoms with van der Waals surface area (Å²) in [5.41, 5.74) is 0. The molecule has 1 unspecified atom stereocenters. The first-order valence-corrected chi connectivity index (χ1v) is 24.4. The lowest BCUT2D eigenvalue weighted by atomic mass is 9.99. The Balaban J connectivity index is 3.58. The molecule has 0 rings (SSSR count). The van der Waals surface area contributed by atoms with Crippen LogP contribution < -0.4 is 5.32 Å². The molecule has 0 saturated heterocycles. The van der Waals surface area contributed by atoms with Crippen LogP contribution in [0.15, 0.2) is 0 Å². The number of aliphatic hydroxyl groups excluding tert-OH is 4. The first-order chi connectivity index (χ1) is 26.5. The quantitative estimate of drug-likeness (QED) is 0.0396. The molecule has 5 N–H and O–H groups in total. The lowest BCUT2D eigenvalue weighted by molar-refractivity contribution is -0.132. The van der Waals surface area contributed by atoms with E-state index in [0.29, 0.717) is 12.8 Å². The van der Waals surface area contributed by atoms with Crippen LogP contribution in [0.25, 0.3) is 0 Å². The Morgan fingerprint density at radius 2 is 0.630 bits per heavy atom. The molecule has 0 heterocycles. The lowest BCUT2D eigenvalue weighted by Gasteiger charge is -2.27. The molecule has 0 aromatic heterocycles. The van der Waals surface area contributed by atoms with Gasteiger partial charge in [-0.3, -0.25) is 4.79 Å². The van der Waals surface area contributed by atoms with Crippen molar-refractivity contribution in [2.75, 3.05) is 6.61 Å². The van der Waals surface area contributed by atoms with E-state index < -0.39 is 36.9 Å². The number of hydrogen-bond donors (Lipinski definition) is 5. The third-order valence-corrected chi connectivity index (χ3v) is 11.8. The summed E-state index contributed by atoms with van der Waals surface area (Å²) < 4.78 is 0. The highest BCUT2D eigenvalue weighted by molar-refractivity contribution is 5.80. The maximum absolute atomic E-state index is 12.5. The van der Waals surface area contributed by atoms with Crippen molar-refractivity contribution >= 4 is 5.91 Å². The zero-order valence-corrected chi connectivity index (χ0v) is 36.5. The third kappa shape index (κ3) is 36.9. The molecule has 0 aliphatic rings. The van der Waals surface area contributed by atoms with E-state index in [2.05, 4.69) is 19.2 Å². The molecule has 0 aromatic carbocycles. The molecule has 54 heavy (non-hydrogen) atoms. The van der Waals surface area contributed by atoms with E-state index in [1.165, 1.54) is 205 Å². The molecule has 6 nitrogen and oxygen atoms in total. The van der Waals surface area contributed by atoms with Gasteiger partial charge in [0, 0.05) is 0 Å². The molecule has 0 aromatic rings. The number of carbonyl (C=O) groups is 1. The number of amides is 1. The molecule has 0 fully saturated rings. The molecule has 0 spiro atoms. The molecule has 0 aliphatic carbocycles. The fourth-order valence-electron chi connectivity index (χ4n) is 7.94. The minimum absolute atomic E-state index is 0.376. The highest BCUT2D eigenvalue weighted by Gasteiger charge is 2.28. The van der Waals surface area contributed by atoms with Crippen LogP contribution in [0.2, 0.25) is 0 Å². The van der Waals surface area contributed by atoms with Gasteiger partial charge >= 0.3 is 0 Å². The van der Waals surface area contributed by atoms with Crippen LogP contribution in [-0.2, 0) is 4.79 Å². The first-order valence-electron chi connectivity index (χ1n) is 24.4. The van der Waals surface area contributed by atoms with Crippen molar-refractivity contribution in [2.45, 2.75) is 295 Å². The fourth-order valence-corrected chi connectivity index (χ4v) is 7.94. The monoisotopic (exact) mass is 768 g/mol. The van der Waals surface area contributed by atoms with E-state index in [9.17, 15) is 25.2 Å². The summed E-state index contributed by atoms with van der Waals surface area (Å²) in [7, 11) is 0. The van der Waals surface area contributed by atoms with Crippen molar-refractivity contribution in [1.82, 2.24) is 5.32 Å². The predicted octanol–water partition coefficient (Wildman–Crippen LogP) is 13.2. The van der Waals surface area contributed by atoms with Crippen LogP contribution in [0.3, 0.4) is 0 Å². The van der Waals surface area contributed by atoms with Gasteiger partial charge < -0.3 is 25.7 Å². The second-order valence-corrected chi connectivity index (χ2v) is 17.2. The second kappa shape index (κ2) is 43.4. The van der Waals surface area contributed by atoms with Gasteiger partial charge in [0.25, 0.3) is 0 Å². The minimum Gasteiger partial charge on any atom is -0.394 e. The van der Waals surface area contributed by atoms with Crippen LogP contribution in [0, 0.1) is 0 Å². The van der Waals surface area contributed by atoms with Gasteiger partial charge in [0.05, 0.1) is 18.8 Å². The van der Waals surface area contributed by atoms with Gasteiger partial charge in [0.2, 0.25) is 5.91 Å². The molecule has 1 amide bonds. The normalized spacial score (nSPS) is 14.0. The van der Waals surface area contributed by atoms with Gasteiger partial charge in [-0.05, 0) is 12.8 Å². The Morgan fingerprint density at radius 3 is 0.889 bits per heavy atom. The van der Waals surface area contributed by atoms with Gasteiger partial charge in [-0.15, -0.1) is 0 Å². The molecule has 0 radical (unpaired) electrons. The first kappa shape index (κ1) is 53.3. The summed E-state index contributed by atoms with van der Waals surface area (Å²) in [5.74, 6) is -0.578. The van der Waals surface area contributed by atoms with Gasteiger partial charge in [-0.25, -0.2) is 0 Å². The highest BCUT2D eigenvalue weighted by atomic mass is 16.3. The van der Waals surface area contributed by atoms with Crippen molar-refractivity contribution in [1.29, 1.82) is 0 Å². The van der Waals surface area contributed by atoms with E-state index in [-0.39, 0.29) is 0 Å². The summed E-state index contributed by atoms with van der Waals surface area (Å²) in [6, 6.07) is -0.978. The van der Waals surface area contributed by atoms with E-state index in [4.69, 9.17) is 0 Å². The maximum atomic E-state index is 12.5. The SMILES string of the molecule is CCCCCCCCCCCCCCCCCCCCCCCCCCCCC(O)C(=O)N[C@@H](CO)[C@H](O)[C@H](O)CCCCCCCCCCCCCC. The Bertz CT molecular complexity index is 736. The summed E-state index contributed by atoms with van der Waals surface area (Å²) in [6.07, 6.45) is 47.3. The van der Waals surface area contributed by atoms with E-state index in [0.717, 1.165) is 38.5 Å². The highest BCUT2D eigenvalue weighted by Crippen LogP contribution is 2.18. The summed E-state index contributed by atoms with van der Waals surface area (Å²) in [6.45, 7) is 4.06. The van der Waals surface area contributed by atoms with E-state index >= 15 is 0 Å². The number of hydrogen-bond acceptors (Lipinski definition) is 5. The zero-order valence-electron chi connectivity index (χ0n) is 36.5. The Labute approximate surface area is 337 Å². The van der Waals surface area contributed by atoms with Crippen LogP contribution in [0.4, 0.5) is 0 Å². The van der Waals surface area contributed by atoms with E-state index in [1.807, 2.05) is 0 Å². The largest absolute Gasteiger partial charge is 0.394 e. The van der Waals surface area contributed by atoms with Gasteiger partial charge in [0.1, 0.15) is 12.2 Å². The number of rotatable bonds is 45. The average molecular weight is 768 g/mol. The fraction of sp³-hybridized carbons (Fsp3) is 0.979. The smallest absolute Gasteiger partial charge is 0.249 e. The number of nitrogens with one attached hydrogen (secondary N) is 1. The van der Waals surface area contributed by atoms with Crippen molar-refractivity contribution < 1.29 is 25.2 Å². The minimum atomic E-state index is -1.25. The topological polar surface area (TPSA) is 110 Å². The zero-order chi connectivity index (χ0) is 39.6. The number of unbranched alkanes of at least 4 members (excludes halogenated alkanes) is 36. The van der Waals surface area contributed by atoms with Crippen molar-refractivity contribution in [3.05, 3.63) is 0 Å². The summed E-state index contributed by atoms with van der Waals surface area (Å²) in [5, 5.41) is 43.7. The summed E-state index contributed by atoms with van der Waals surface area (Å²) >= 11 is 0. The molecule has 0 bridgehead atoms. The van der Waals surface area contributed by atoms with Crippen LogP contribution >= 0.6 is 0 Å². The van der Waals surface area contributed by atoms with Crippen LogP contribution in [-0.4, -0.2) is 57.3 Å². The third-order valence-electron chi connectivity index (χ3n) is 11.8. The molecule has 4 atom stereocenters. The van der Waals surface area contributed by atoms with Crippen LogP contribution in [0.5, 0.6) is 0 Å². The lowest BCUT2D eigenvalue weighted by Crippen LogP contribution is -2.53. The van der Waals surface area contributed by atoms with Gasteiger partial charge in [-0.2, -0.15) is 0 Å². The number of aliphatic hydroxyl groups is 4. The number of carbonyl (C=O) groups excluding carboxylic acids is 1. The molecular weight excluding hydrogens is 671 g/mol. The molecule has 0 saturated carbocycles. The molecular formula is C48H97NO5. The van der Waals surface area contributed by atoms with E-state index in [1.54, 1.807) is 0 Å². The van der Waals surface area contributed by atoms with Gasteiger partial charge in [0.15, 0.2) is 0 Å². The maximum Gasteiger partial charge on any atom is 0.249 e. The Hall–Kier alpha value is -0.690. The van der Waals surface area contributed by atoms with Crippen molar-refractivity contribution in [2.24, 2.45) is 0 Å². The molecule has 0 aliphatic heterocycles. The van der Waals surface area contributed by atoms with Gasteiger partial charge in [-0.1, -0.05) is 258 Å². The molecule has 324 valence electrons. The Morgan fingerprint density at radius 1 is 0.389 bits per heavy atom. The molecule has 6 heteroatoms. The summed E-state index contributed by atoms with van der Waals surface area (Å²) in [4.78, 5) is 12.5. The van der Waals surface area contributed by atoms with Crippen molar-refractivity contribution in [3.8, 4) is 0 Å². The average Bonchev–Trinajstić information content (AvgIpc) is 3.18. The van der Waals surface area contributed by atoms with Crippen molar-refractivity contribution in [3.63, 3.8) is 0 Å². The van der Waals surface area contributed by atoms with Crippen LogP contribution in [0.1, 0.15) is 271 Å². The second-order valence-electron chi connectivity index (χ2n) is 17.2. The standard InChI is InChI=1S/C48H97NO5/c1-3-5-7-9-11-13-15-17-18-19-20-21-22-23-24-25-26-27-28-29-30-32-34-36-38-40-42-46(52)48(54)49-44(43-50)47(53)45(51)41-39-37-35-33-31-16-14-12-10-8-6-4-2/h44-47,50-53H,3-43H2,1-2H3,(H,49,54)/t44-,45+,46?,47-/m0/s1. The Kier molecular flexibility index (Phi) is 42.9. The predicted molar refractivity (Wildman–Crippen MR) is 233 cm³/mol.